The van der Waals surface area contributed by atoms with E-state index in [0.717, 1.165) is 12.1 Å². The van der Waals surface area contributed by atoms with E-state index in [0.29, 0.717) is 0 Å². The van der Waals surface area contributed by atoms with Gasteiger partial charge in [0, 0.05) is 12.6 Å². The highest BCUT2D eigenvalue weighted by Crippen LogP contribution is 2.16. The third kappa shape index (κ3) is 4.05. The van der Waals surface area contributed by atoms with Gasteiger partial charge in [0.15, 0.2) is 0 Å². The summed E-state index contributed by atoms with van der Waals surface area (Å²) in [7, 11) is -3.93. The second-order valence-corrected chi connectivity index (χ2v) is 6.05. The Morgan fingerprint density at radius 2 is 2.05 bits per heavy atom. The number of carbonyl (C=O) groups is 1. The third-order valence-electron chi connectivity index (χ3n) is 2.61. The monoisotopic (exact) mass is 291 g/mol. The number of carboxylic acids is 1. The number of aliphatic hydroxyl groups excluding tert-OH is 1. The fourth-order valence-corrected chi connectivity index (χ4v) is 2.86. The van der Waals surface area contributed by atoms with Crippen LogP contribution in [0.2, 0.25) is 0 Å². The maximum Gasteiger partial charge on any atom is 0.371 e. The van der Waals surface area contributed by atoms with E-state index in [4.69, 9.17) is 14.6 Å². The van der Waals surface area contributed by atoms with Crippen LogP contribution in [0.4, 0.5) is 0 Å². The number of carboxylic acid groups (broad SMARTS) is 1. The van der Waals surface area contributed by atoms with Gasteiger partial charge in [0.1, 0.15) is 0 Å². The Labute approximate surface area is 111 Å². The van der Waals surface area contributed by atoms with E-state index >= 15 is 0 Å². The maximum atomic E-state index is 12.0. The molecule has 0 aliphatic heterocycles. The molecule has 1 aromatic heterocycles. The van der Waals surface area contributed by atoms with Gasteiger partial charge in [0.2, 0.25) is 10.9 Å². The average Bonchev–Trinajstić information content (AvgIpc) is 2.78. The molecule has 0 fully saturated rings. The number of furan rings is 1. The Morgan fingerprint density at radius 3 is 2.47 bits per heavy atom. The second kappa shape index (κ2) is 6.18. The summed E-state index contributed by atoms with van der Waals surface area (Å²) in [6.45, 7) is 3.48. The van der Waals surface area contributed by atoms with E-state index in [9.17, 15) is 13.2 Å². The van der Waals surface area contributed by atoms with Crippen molar-refractivity contribution in [2.45, 2.75) is 31.4 Å². The molecular formula is C11H17NO6S. The van der Waals surface area contributed by atoms with Crippen molar-refractivity contribution >= 4 is 16.0 Å². The molecule has 0 saturated carbocycles. The summed E-state index contributed by atoms with van der Waals surface area (Å²) in [6.07, 6.45) is 0.267. The van der Waals surface area contributed by atoms with E-state index in [-0.39, 0.29) is 18.9 Å². The molecule has 0 bridgehead atoms. The average molecular weight is 291 g/mol. The Kier molecular flexibility index (Phi) is 5.10. The van der Waals surface area contributed by atoms with Gasteiger partial charge in [-0.05, 0) is 24.5 Å². The van der Waals surface area contributed by atoms with Gasteiger partial charge in [0.25, 0.3) is 10.0 Å². The lowest BCUT2D eigenvalue weighted by Crippen LogP contribution is -2.39. The molecule has 1 heterocycles. The Hall–Kier alpha value is -1.38. The van der Waals surface area contributed by atoms with Crippen LogP contribution >= 0.6 is 0 Å². The minimum absolute atomic E-state index is 0.0177. The zero-order valence-corrected chi connectivity index (χ0v) is 11.5. The van der Waals surface area contributed by atoms with Gasteiger partial charge in [-0.2, -0.15) is 0 Å². The van der Waals surface area contributed by atoms with Crippen molar-refractivity contribution in [1.82, 2.24) is 4.72 Å². The lowest BCUT2D eigenvalue weighted by molar-refractivity contribution is 0.0656. The number of rotatable bonds is 7. The molecule has 108 valence electrons. The van der Waals surface area contributed by atoms with Crippen molar-refractivity contribution in [3.63, 3.8) is 0 Å². The van der Waals surface area contributed by atoms with E-state index < -0.39 is 32.9 Å². The number of aromatic carboxylic acids is 1. The first-order valence-electron chi connectivity index (χ1n) is 5.74. The van der Waals surface area contributed by atoms with Gasteiger partial charge in [-0.3, -0.25) is 0 Å². The quantitative estimate of drug-likeness (QED) is 0.679. The number of hydrogen-bond donors (Lipinski definition) is 3. The molecule has 1 aromatic rings. The van der Waals surface area contributed by atoms with Gasteiger partial charge in [-0.1, -0.05) is 13.8 Å². The van der Waals surface area contributed by atoms with E-state index in [1.807, 2.05) is 13.8 Å². The number of aliphatic hydroxyl groups is 1. The fourth-order valence-electron chi connectivity index (χ4n) is 1.50. The highest BCUT2D eigenvalue weighted by molar-refractivity contribution is 7.89. The molecule has 0 amide bonds. The fraction of sp³-hybridized carbons (Fsp3) is 0.545. The smallest absolute Gasteiger partial charge is 0.371 e. The lowest BCUT2D eigenvalue weighted by Gasteiger charge is -2.20. The molecule has 0 saturated heterocycles. The van der Waals surface area contributed by atoms with Gasteiger partial charge in [0.05, 0.1) is 0 Å². The summed E-state index contributed by atoms with van der Waals surface area (Å²) in [5.41, 5.74) is 0. The molecule has 0 aliphatic carbocycles. The molecule has 0 spiro atoms. The minimum atomic E-state index is -3.93. The van der Waals surface area contributed by atoms with Crippen LogP contribution in [0.15, 0.2) is 21.6 Å². The summed E-state index contributed by atoms with van der Waals surface area (Å²) < 4.78 is 31.1. The first-order chi connectivity index (χ1) is 8.77. The van der Waals surface area contributed by atoms with Crippen molar-refractivity contribution in [2.75, 3.05) is 6.61 Å². The van der Waals surface area contributed by atoms with Crippen molar-refractivity contribution in [3.8, 4) is 0 Å². The Morgan fingerprint density at radius 1 is 1.42 bits per heavy atom. The predicted molar refractivity (Wildman–Crippen MR) is 66.3 cm³/mol. The van der Waals surface area contributed by atoms with Crippen LogP contribution in [0.25, 0.3) is 0 Å². The molecular weight excluding hydrogens is 274 g/mol. The molecule has 1 atom stereocenters. The molecule has 7 nitrogen and oxygen atoms in total. The third-order valence-corrected chi connectivity index (χ3v) is 3.97. The van der Waals surface area contributed by atoms with E-state index in [1.165, 1.54) is 0 Å². The van der Waals surface area contributed by atoms with Crippen LogP contribution < -0.4 is 4.72 Å². The van der Waals surface area contributed by atoms with Crippen LogP contribution in [0, 0.1) is 5.92 Å². The molecule has 0 radical (unpaired) electrons. The highest BCUT2D eigenvalue weighted by atomic mass is 32.2. The van der Waals surface area contributed by atoms with Crippen molar-refractivity contribution in [3.05, 3.63) is 17.9 Å². The van der Waals surface area contributed by atoms with Gasteiger partial charge in [-0.15, -0.1) is 0 Å². The maximum absolute atomic E-state index is 12.0. The molecule has 0 aliphatic rings. The number of hydrogen-bond acceptors (Lipinski definition) is 5. The first kappa shape index (κ1) is 15.7. The molecule has 19 heavy (non-hydrogen) atoms. The molecule has 1 rings (SSSR count). The molecule has 0 aromatic carbocycles. The highest BCUT2D eigenvalue weighted by Gasteiger charge is 2.25. The minimum Gasteiger partial charge on any atom is -0.475 e. The summed E-state index contributed by atoms with van der Waals surface area (Å²) in [5, 5.41) is 17.1. The van der Waals surface area contributed by atoms with Crippen molar-refractivity contribution in [1.29, 1.82) is 0 Å². The molecule has 8 heteroatoms. The predicted octanol–water partition coefficient (Wildman–Crippen LogP) is 0.663. The van der Waals surface area contributed by atoms with Gasteiger partial charge < -0.3 is 14.6 Å². The summed E-state index contributed by atoms with van der Waals surface area (Å²) in [5.74, 6) is -1.79. The normalized spacial score (nSPS) is 13.7. The zero-order valence-electron chi connectivity index (χ0n) is 10.7. The first-order valence-corrected chi connectivity index (χ1v) is 7.22. The standard InChI is InChI=1S/C11H17NO6S/c1-7(2)8(5-6-13)12-19(16,17)10-4-3-9(18-10)11(14)15/h3-4,7-8,12-13H,5-6H2,1-2H3,(H,14,15). The van der Waals surface area contributed by atoms with E-state index in [2.05, 4.69) is 4.72 Å². The van der Waals surface area contributed by atoms with Crippen molar-refractivity contribution in [2.24, 2.45) is 5.92 Å². The lowest BCUT2D eigenvalue weighted by atomic mass is 10.0. The van der Waals surface area contributed by atoms with Crippen molar-refractivity contribution < 1.29 is 27.8 Å². The summed E-state index contributed by atoms with van der Waals surface area (Å²) in [6, 6.07) is 1.71. The summed E-state index contributed by atoms with van der Waals surface area (Å²) in [4.78, 5) is 10.6. The topological polar surface area (TPSA) is 117 Å². The van der Waals surface area contributed by atoms with Crippen LogP contribution in [0.5, 0.6) is 0 Å². The largest absolute Gasteiger partial charge is 0.475 e. The Bertz CT molecular complexity index is 533. The van der Waals surface area contributed by atoms with Crippen LogP contribution in [0.1, 0.15) is 30.8 Å². The van der Waals surface area contributed by atoms with Gasteiger partial charge >= 0.3 is 5.97 Å². The van der Waals surface area contributed by atoms with Crippen LogP contribution in [-0.2, 0) is 10.0 Å². The van der Waals surface area contributed by atoms with Crippen LogP contribution in [0.3, 0.4) is 0 Å². The van der Waals surface area contributed by atoms with Gasteiger partial charge in [-0.25, -0.2) is 17.9 Å². The Balaban J connectivity index is 2.93. The SMILES string of the molecule is CC(C)C(CCO)NS(=O)(=O)c1ccc(C(=O)O)o1. The van der Waals surface area contributed by atoms with Crippen LogP contribution in [-0.4, -0.2) is 37.2 Å². The van der Waals surface area contributed by atoms with E-state index in [1.54, 1.807) is 0 Å². The molecule has 1 unspecified atom stereocenters. The zero-order chi connectivity index (χ0) is 14.6. The number of nitrogens with one attached hydrogen (secondary N) is 1. The summed E-state index contributed by atoms with van der Waals surface area (Å²) >= 11 is 0. The second-order valence-electron chi connectivity index (χ2n) is 4.41. The molecule has 3 N–H and O–H groups in total. The number of sulfonamides is 1.